The van der Waals surface area contributed by atoms with Crippen molar-refractivity contribution in [1.29, 1.82) is 0 Å². The number of anilines is 4. The van der Waals surface area contributed by atoms with E-state index < -0.39 is 0 Å². The second kappa shape index (κ2) is 8.51. The largest absolute Gasteiger partial charge is 0.492 e. The fourth-order valence-corrected chi connectivity index (χ4v) is 3.15. The molecule has 144 valence electrons. The minimum absolute atomic E-state index is 0.554. The lowest BCUT2D eigenvalue weighted by Gasteiger charge is -2.35. The second-order valence-corrected chi connectivity index (χ2v) is 6.32. The molecule has 1 aliphatic rings. The van der Waals surface area contributed by atoms with Crippen LogP contribution in [0.15, 0.2) is 55.0 Å². The molecule has 28 heavy (non-hydrogen) atoms. The fraction of sp³-hybridized carbons (Fsp3) is 0.300. The van der Waals surface area contributed by atoms with Crippen molar-refractivity contribution in [3.8, 4) is 5.75 Å². The van der Waals surface area contributed by atoms with Crippen molar-refractivity contribution < 1.29 is 4.74 Å². The van der Waals surface area contributed by atoms with E-state index in [1.807, 2.05) is 43.3 Å². The number of nitrogens with one attached hydrogen (secondary N) is 1. The smallest absolute Gasteiger partial charge is 0.229 e. The van der Waals surface area contributed by atoms with Crippen LogP contribution < -0.4 is 19.9 Å². The number of nitrogens with zero attached hydrogens (tertiary/aromatic N) is 6. The molecule has 8 nitrogen and oxygen atoms in total. The van der Waals surface area contributed by atoms with Crippen molar-refractivity contribution in [2.24, 2.45) is 0 Å². The molecule has 2 aromatic heterocycles. The lowest BCUT2D eigenvalue weighted by atomic mass is 10.3. The predicted molar refractivity (Wildman–Crippen MR) is 109 cm³/mol. The van der Waals surface area contributed by atoms with Crippen molar-refractivity contribution in [1.82, 2.24) is 19.9 Å². The van der Waals surface area contributed by atoms with Gasteiger partial charge in [-0.05, 0) is 31.2 Å². The van der Waals surface area contributed by atoms with Crippen LogP contribution in [0.1, 0.15) is 6.92 Å². The third-order valence-electron chi connectivity index (χ3n) is 4.51. The molecule has 1 saturated heterocycles. The van der Waals surface area contributed by atoms with Gasteiger partial charge in [-0.25, -0.2) is 15.0 Å². The number of para-hydroxylation sites is 2. The molecular weight excluding hydrogens is 354 g/mol. The van der Waals surface area contributed by atoms with Gasteiger partial charge in [0.05, 0.1) is 12.3 Å². The topological polar surface area (TPSA) is 79.3 Å². The highest BCUT2D eigenvalue weighted by Gasteiger charge is 2.20. The molecule has 3 heterocycles. The molecule has 0 amide bonds. The molecule has 4 rings (SSSR count). The van der Waals surface area contributed by atoms with Crippen molar-refractivity contribution in [2.75, 3.05) is 47.9 Å². The van der Waals surface area contributed by atoms with Crippen LogP contribution in [0.25, 0.3) is 0 Å². The Morgan fingerprint density at radius 3 is 2.43 bits per heavy atom. The van der Waals surface area contributed by atoms with Gasteiger partial charge in [-0.1, -0.05) is 12.1 Å². The molecule has 0 spiro atoms. The minimum atomic E-state index is 0.554. The SMILES string of the molecule is CCOc1ccccc1Nc1nccc(N2CCN(c3ncccn3)CC2)n1. The number of aromatic nitrogens is 4. The standard InChI is InChI=1S/C20H23N7O/c1-2-28-17-7-4-3-6-16(17)24-19-21-11-8-18(25-19)26-12-14-27(15-13-26)20-22-9-5-10-23-20/h3-11H,2,12-15H2,1H3,(H,21,24,25). The number of ether oxygens (including phenoxy) is 1. The molecule has 1 fully saturated rings. The average Bonchev–Trinajstić information content (AvgIpc) is 2.76. The lowest BCUT2D eigenvalue weighted by Crippen LogP contribution is -2.47. The molecule has 0 saturated carbocycles. The summed E-state index contributed by atoms with van der Waals surface area (Å²) in [5.41, 5.74) is 0.854. The third kappa shape index (κ3) is 4.11. The van der Waals surface area contributed by atoms with Gasteiger partial charge in [-0.2, -0.15) is 4.98 Å². The van der Waals surface area contributed by atoms with Crippen LogP contribution in [0, 0.1) is 0 Å². The number of hydrogen-bond donors (Lipinski definition) is 1. The van der Waals surface area contributed by atoms with E-state index in [4.69, 9.17) is 4.74 Å². The van der Waals surface area contributed by atoms with E-state index >= 15 is 0 Å². The van der Waals surface area contributed by atoms with Crippen LogP contribution in [0.2, 0.25) is 0 Å². The summed E-state index contributed by atoms with van der Waals surface area (Å²) in [4.78, 5) is 22.2. The van der Waals surface area contributed by atoms with Crippen molar-refractivity contribution in [3.63, 3.8) is 0 Å². The van der Waals surface area contributed by atoms with Crippen LogP contribution in [-0.4, -0.2) is 52.7 Å². The molecule has 0 aliphatic carbocycles. The Morgan fingerprint density at radius 1 is 0.893 bits per heavy atom. The highest BCUT2D eigenvalue weighted by atomic mass is 16.5. The molecule has 0 radical (unpaired) electrons. The van der Waals surface area contributed by atoms with E-state index in [0.29, 0.717) is 12.6 Å². The summed E-state index contributed by atoms with van der Waals surface area (Å²) >= 11 is 0. The number of hydrogen-bond acceptors (Lipinski definition) is 8. The first-order valence-corrected chi connectivity index (χ1v) is 9.42. The Labute approximate surface area is 164 Å². The first kappa shape index (κ1) is 18.0. The summed E-state index contributed by atoms with van der Waals surface area (Å²) in [7, 11) is 0. The van der Waals surface area contributed by atoms with E-state index in [9.17, 15) is 0 Å². The Balaban J connectivity index is 1.43. The van der Waals surface area contributed by atoms with Crippen LogP contribution in [-0.2, 0) is 0 Å². The molecule has 8 heteroatoms. The Bertz CT molecular complexity index is 898. The highest BCUT2D eigenvalue weighted by molar-refractivity contribution is 5.63. The zero-order valence-electron chi connectivity index (χ0n) is 15.8. The van der Waals surface area contributed by atoms with E-state index in [1.165, 1.54) is 0 Å². The van der Waals surface area contributed by atoms with Crippen molar-refractivity contribution >= 4 is 23.4 Å². The molecule has 3 aromatic rings. The van der Waals surface area contributed by atoms with Gasteiger partial charge in [0.25, 0.3) is 0 Å². The number of piperazine rings is 1. The maximum Gasteiger partial charge on any atom is 0.229 e. The lowest BCUT2D eigenvalue weighted by molar-refractivity contribution is 0.342. The number of benzene rings is 1. The summed E-state index contributed by atoms with van der Waals surface area (Å²) in [6, 6.07) is 11.6. The zero-order chi connectivity index (χ0) is 19.2. The van der Waals surface area contributed by atoms with E-state index in [-0.39, 0.29) is 0 Å². The third-order valence-corrected chi connectivity index (χ3v) is 4.51. The molecule has 0 unspecified atom stereocenters. The Hall–Kier alpha value is -3.42. The summed E-state index contributed by atoms with van der Waals surface area (Å²) in [6.07, 6.45) is 5.33. The first-order valence-electron chi connectivity index (χ1n) is 9.42. The van der Waals surface area contributed by atoms with Gasteiger partial charge in [0.1, 0.15) is 11.6 Å². The van der Waals surface area contributed by atoms with Gasteiger partial charge in [-0.3, -0.25) is 0 Å². The maximum absolute atomic E-state index is 5.66. The van der Waals surface area contributed by atoms with Crippen molar-refractivity contribution in [3.05, 3.63) is 55.0 Å². The van der Waals surface area contributed by atoms with Gasteiger partial charge in [0, 0.05) is 44.8 Å². The monoisotopic (exact) mass is 377 g/mol. The Kier molecular flexibility index (Phi) is 5.46. The van der Waals surface area contributed by atoms with E-state index in [1.54, 1.807) is 18.6 Å². The summed E-state index contributed by atoms with van der Waals surface area (Å²) in [5.74, 6) is 3.02. The van der Waals surface area contributed by atoms with Gasteiger partial charge >= 0.3 is 0 Å². The van der Waals surface area contributed by atoms with Crippen LogP contribution in [0.3, 0.4) is 0 Å². The molecule has 0 atom stereocenters. The quantitative estimate of drug-likeness (QED) is 0.702. The van der Waals surface area contributed by atoms with E-state index in [2.05, 4.69) is 35.1 Å². The highest BCUT2D eigenvalue weighted by Crippen LogP contribution is 2.26. The van der Waals surface area contributed by atoms with Gasteiger partial charge in [0.15, 0.2) is 0 Å². The summed E-state index contributed by atoms with van der Waals surface area (Å²) in [6.45, 7) is 5.98. The van der Waals surface area contributed by atoms with Crippen LogP contribution in [0.4, 0.5) is 23.4 Å². The van der Waals surface area contributed by atoms with Crippen LogP contribution in [0.5, 0.6) is 5.75 Å². The molecular formula is C20H23N7O. The maximum atomic E-state index is 5.66. The molecule has 1 aromatic carbocycles. The van der Waals surface area contributed by atoms with Gasteiger partial charge in [0.2, 0.25) is 11.9 Å². The number of rotatable bonds is 6. The zero-order valence-corrected chi connectivity index (χ0v) is 15.8. The van der Waals surface area contributed by atoms with E-state index in [0.717, 1.165) is 49.4 Å². The van der Waals surface area contributed by atoms with Gasteiger partial charge < -0.3 is 19.9 Å². The normalized spacial score (nSPS) is 14.0. The average molecular weight is 377 g/mol. The minimum Gasteiger partial charge on any atom is -0.492 e. The fourth-order valence-electron chi connectivity index (χ4n) is 3.15. The second-order valence-electron chi connectivity index (χ2n) is 6.32. The molecule has 1 aliphatic heterocycles. The molecule has 1 N–H and O–H groups in total. The summed E-state index contributed by atoms with van der Waals surface area (Å²) < 4.78 is 5.66. The Morgan fingerprint density at radius 2 is 1.64 bits per heavy atom. The summed E-state index contributed by atoms with van der Waals surface area (Å²) in [5, 5.41) is 3.27. The van der Waals surface area contributed by atoms with Gasteiger partial charge in [-0.15, -0.1) is 0 Å². The predicted octanol–water partition coefficient (Wildman–Crippen LogP) is 2.74. The first-order chi connectivity index (χ1) is 13.8. The van der Waals surface area contributed by atoms with Crippen molar-refractivity contribution in [2.45, 2.75) is 6.92 Å². The van der Waals surface area contributed by atoms with Crippen LogP contribution >= 0.6 is 0 Å². The molecule has 0 bridgehead atoms.